The number of rotatable bonds is 5. The van der Waals surface area contributed by atoms with E-state index in [0.29, 0.717) is 49.8 Å². The maximum atomic E-state index is 11.6. The topological polar surface area (TPSA) is 93.6 Å². The third-order valence-corrected chi connectivity index (χ3v) is 3.77. The Bertz CT molecular complexity index is 617. The standard InChI is InChI=1S/C15H20N4O4/c1-2-21-15(20)19-7-5-11(6-8-19)16-10-13-17-14(23-18-13)12-4-3-9-22-12/h3-4,9,11,16H,2,5-8,10H2,1H3. The summed E-state index contributed by atoms with van der Waals surface area (Å²) in [4.78, 5) is 17.7. The van der Waals surface area contributed by atoms with E-state index in [0.717, 1.165) is 12.8 Å². The Morgan fingerprint density at radius 2 is 2.30 bits per heavy atom. The zero-order valence-electron chi connectivity index (χ0n) is 13.0. The van der Waals surface area contributed by atoms with Gasteiger partial charge in [-0.3, -0.25) is 0 Å². The molecule has 124 valence electrons. The van der Waals surface area contributed by atoms with Crippen molar-refractivity contribution in [3.8, 4) is 11.7 Å². The molecule has 0 bridgehead atoms. The van der Waals surface area contributed by atoms with E-state index in [4.69, 9.17) is 13.7 Å². The lowest BCUT2D eigenvalue weighted by Crippen LogP contribution is -2.45. The van der Waals surface area contributed by atoms with Crippen LogP contribution in [0.4, 0.5) is 4.79 Å². The third kappa shape index (κ3) is 3.89. The number of piperidine rings is 1. The molecule has 0 radical (unpaired) electrons. The van der Waals surface area contributed by atoms with Gasteiger partial charge in [-0.15, -0.1) is 0 Å². The van der Waals surface area contributed by atoms with Crippen molar-refractivity contribution in [1.82, 2.24) is 20.4 Å². The minimum Gasteiger partial charge on any atom is -0.459 e. The van der Waals surface area contributed by atoms with Crippen molar-refractivity contribution in [2.75, 3.05) is 19.7 Å². The molecule has 1 aliphatic heterocycles. The molecule has 1 fully saturated rings. The largest absolute Gasteiger partial charge is 0.459 e. The molecule has 1 N–H and O–H groups in total. The van der Waals surface area contributed by atoms with Gasteiger partial charge in [0.2, 0.25) is 0 Å². The van der Waals surface area contributed by atoms with Crippen LogP contribution in [-0.2, 0) is 11.3 Å². The average Bonchev–Trinajstić information content (AvgIpc) is 3.25. The van der Waals surface area contributed by atoms with Gasteiger partial charge in [0.05, 0.1) is 19.4 Å². The first-order chi connectivity index (χ1) is 11.3. The van der Waals surface area contributed by atoms with Crippen LogP contribution in [0.3, 0.4) is 0 Å². The molecule has 2 aromatic rings. The molecule has 0 aliphatic carbocycles. The highest BCUT2D eigenvalue weighted by molar-refractivity contribution is 5.67. The highest BCUT2D eigenvalue weighted by atomic mass is 16.6. The SMILES string of the molecule is CCOC(=O)N1CCC(NCc2noc(-c3ccco3)n2)CC1. The van der Waals surface area contributed by atoms with Crippen LogP contribution in [-0.4, -0.2) is 46.9 Å². The molecule has 1 aliphatic rings. The van der Waals surface area contributed by atoms with Crippen molar-refractivity contribution in [2.45, 2.75) is 32.4 Å². The first kappa shape index (κ1) is 15.5. The molecule has 3 heterocycles. The molecule has 1 amide bonds. The van der Waals surface area contributed by atoms with Crippen LogP contribution in [0, 0.1) is 0 Å². The van der Waals surface area contributed by atoms with E-state index in [9.17, 15) is 4.79 Å². The van der Waals surface area contributed by atoms with Gasteiger partial charge in [0.15, 0.2) is 11.6 Å². The molecule has 0 unspecified atom stereocenters. The van der Waals surface area contributed by atoms with Gasteiger partial charge >= 0.3 is 6.09 Å². The van der Waals surface area contributed by atoms with E-state index in [1.807, 2.05) is 6.92 Å². The number of carbonyl (C=O) groups excluding carboxylic acids is 1. The number of furan rings is 1. The van der Waals surface area contributed by atoms with Gasteiger partial charge in [0.25, 0.3) is 5.89 Å². The number of aromatic nitrogens is 2. The Morgan fingerprint density at radius 3 is 3.00 bits per heavy atom. The molecule has 0 atom stereocenters. The summed E-state index contributed by atoms with van der Waals surface area (Å²) >= 11 is 0. The molecule has 3 rings (SSSR count). The molecule has 2 aromatic heterocycles. The molecule has 0 saturated carbocycles. The maximum Gasteiger partial charge on any atom is 0.409 e. The number of hydrogen-bond donors (Lipinski definition) is 1. The quantitative estimate of drug-likeness (QED) is 0.901. The summed E-state index contributed by atoms with van der Waals surface area (Å²) in [6, 6.07) is 3.87. The third-order valence-electron chi connectivity index (χ3n) is 3.77. The molecule has 0 aromatic carbocycles. The molecule has 0 spiro atoms. The molecule has 8 heteroatoms. The van der Waals surface area contributed by atoms with Gasteiger partial charge in [-0.05, 0) is 31.9 Å². The van der Waals surface area contributed by atoms with Gasteiger partial charge in [-0.1, -0.05) is 5.16 Å². The number of ether oxygens (including phenoxy) is 1. The van der Waals surface area contributed by atoms with Crippen LogP contribution in [0.5, 0.6) is 0 Å². The fraction of sp³-hybridized carbons (Fsp3) is 0.533. The van der Waals surface area contributed by atoms with E-state index in [1.54, 1.807) is 23.3 Å². The molecule has 1 saturated heterocycles. The van der Waals surface area contributed by atoms with Gasteiger partial charge in [-0.2, -0.15) is 4.98 Å². The van der Waals surface area contributed by atoms with Gasteiger partial charge in [0, 0.05) is 19.1 Å². The Morgan fingerprint density at radius 1 is 1.48 bits per heavy atom. The highest BCUT2D eigenvalue weighted by Gasteiger charge is 2.23. The summed E-state index contributed by atoms with van der Waals surface area (Å²) in [6.07, 6.45) is 3.09. The van der Waals surface area contributed by atoms with Crippen LogP contribution in [0.15, 0.2) is 27.3 Å². The number of likely N-dealkylation sites (tertiary alicyclic amines) is 1. The normalized spacial score (nSPS) is 15.8. The minimum absolute atomic E-state index is 0.229. The Hall–Kier alpha value is -2.35. The van der Waals surface area contributed by atoms with Crippen molar-refractivity contribution in [1.29, 1.82) is 0 Å². The predicted octanol–water partition coefficient (Wildman–Crippen LogP) is 2.04. The van der Waals surface area contributed by atoms with Crippen LogP contribution in [0.25, 0.3) is 11.7 Å². The lowest BCUT2D eigenvalue weighted by atomic mass is 10.1. The van der Waals surface area contributed by atoms with Crippen LogP contribution in [0.2, 0.25) is 0 Å². The monoisotopic (exact) mass is 320 g/mol. The fourth-order valence-corrected chi connectivity index (χ4v) is 2.54. The van der Waals surface area contributed by atoms with Crippen molar-refractivity contribution in [3.05, 3.63) is 24.2 Å². The highest BCUT2D eigenvalue weighted by Crippen LogP contribution is 2.17. The van der Waals surface area contributed by atoms with E-state index in [-0.39, 0.29) is 6.09 Å². The molecule has 8 nitrogen and oxygen atoms in total. The Labute approximate surface area is 133 Å². The second-order valence-electron chi connectivity index (χ2n) is 5.33. The van der Waals surface area contributed by atoms with Crippen LogP contribution < -0.4 is 5.32 Å². The summed E-state index contributed by atoms with van der Waals surface area (Å²) in [5.74, 6) is 1.53. The number of nitrogens with zero attached hydrogens (tertiary/aromatic N) is 3. The van der Waals surface area contributed by atoms with Crippen LogP contribution >= 0.6 is 0 Å². The minimum atomic E-state index is -0.229. The van der Waals surface area contributed by atoms with E-state index >= 15 is 0 Å². The van der Waals surface area contributed by atoms with Crippen molar-refractivity contribution in [2.24, 2.45) is 0 Å². The lowest BCUT2D eigenvalue weighted by molar-refractivity contribution is 0.0949. The van der Waals surface area contributed by atoms with Gasteiger partial charge < -0.3 is 23.9 Å². The average molecular weight is 320 g/mol. The van der Waals surface area contributed by atoms with Crippen molar-refractivity contribution < 1.29 is 18.5 Å². The molecule has 23 heavy (non-hydrogen) atoms. The zero-order valence-corrected chi connectivity index (χ0v) is 13.0. The second-order valence-corrected chi connectivity index (χ2v) is 5.33. The Balaban J connectivity index is 1.44. The van der Waals surface area contributed by atoms with Crippen molar-refractivity contribution in [3.63, 3.8) is 0 Å². The van der Waals surface area contributed by atoms with E-state index in [2.05, 4.69) is 15.5 Å². The van der Waals surface area contributed by atoms with Gasteiger partial charge in [0.1, 0.15) is 0 Å². The number of amides is 1. The summed E-state index contributed by atoms with van der Waals surface area (Å²) in [6.45, 7) is 4.13. The van der Waals surface area contributed by atoms with Crippen LogP contribution in [0.1, 0.15) is 25.6 Å². The Kier molecular flexibility index (Phi) is 4.92. The zero-order chi connectivity index (χ0) is 16.1. The molecular formula is C15H20N4O4. The summed E-state index contributed by atoms with van der Waals surface area (Å²) in [7, 11) is 0. The number of carbonyl (C=O) groups is 1. The second kappa shape index (κ2) is 7.28. The lowest BCUT2D eigenvalue weighted by Gasteiger charge is -2.31. The van der Waals surface area contributed by atoms with Gasteiger partial charge in [-0.25, -0.2) is 4.79 Å². The number of nitrogens with one attached hydrogen (secondary N) is 1. The first-order valence-electron chi connectivity index (χ1n) is 7.78. The molecular weight excluding hydrogens is 300 g/mol. The van der Waals surface area contributed by atoms with Crippen molar-refractivity contribution >= 4 is 6.09 Å². The van der Waals surface area contributed by atoms with E-state index in [1.165, 1.54) is 0 Å². The smallest absolute Gasteiger partial charge is 0.409 e. The predicted molar refractivity (Wildman–Crippen MR) is 80.5 cm³/mol. The fourth-order valence-electron chi connectivity index (χ4n) is 2.54. The summed E-state index contributed by atoms with van der Waals surface area (Å²) in [5.41, 5.74) is 0. The summed E-state index contributed by atoms with van der Waals surface area (Å²) in [5, 5.41) is 7.32. The number of hydrogen-bond acceptors (Lipinski definition) is 7. The first-order valence-corrected chi connectivity index (χ1v) is 7.78. The summed E-state index contributed by atoms with van der Waals surface area (Å²) < 4.78 is 15.4. The van der Waals surface area contributed by atoms with E-state index < -0.39 is 0 Å². The maximum absolute atomic E-state index is 11.6.